The highest BCUT2D eigenvalue weighted by Gasteiger charge is 2.22. The molecule has 1 aromatic rings. The number of aromatic nitrogens is 1. The van der Waals surface area contributed by atoms with Crippen molar-refractivity contribution in [1.29, 1.82) is 0 Å². The van der Waals surface area contributed by atoms with Gasteiger partial charge in [0.05, 0.1) is 12.6 Å². The molecule has 104 valence electrons. The summed E-state index contributed by atoms with van der Waals surface area (Å²) in [5.41, 5.74) is 0.0431. The number of halogens is 1. The molecular formula is C13H16FNO4. The third-order valence-electron chi connectivity index (χ3n) is 2.25. The Kier molecular flexibility index (Phi) is 6.24. The van der Waals surface area contributed by atoms with Gasteiger partial charge in [0.2, 0.25) is 6.29 Å². The number of Topliss-reactive ketones (excluding diaryl/α,β-unsaturated/α-hetero) is 2. The van der Waals surface area contributed by atoms with E-state index in [2.05, 4.69) is 4.98 Å². The second-order valence-corrected chi connectivity index (χ2v) is 3.67. The van der Waals surface area contributed by atoms with E-state index in [-0.39, 0.29) is 12.1 Å². The molecule has 6 heteroatoms. The Balaban J connectivity index is 2.64. The second-order valence-electron chi connectivity index (χ2n) is 3.67. The molecule has 0 N–H and O–H groups in total. The van der Waals surface area contributed by atoms with Gasteiger partial charge in [0, 0.05) is 13.2 Å². The van der Waals surface area contributed by atoms with Crippen molar-refractivity contribution in [3.05, 3.63) is 29.8 Å². The molecule has 0 fully saturated rings. The van der Waals surface area contributed by atoms with E-state index in [1.54, 1.807) is 13.8 Å². The first-order valence-electron chi connectivity index (χ1n) is 5.99. The highest BCUT2D eigenvalue weighted by Crippen LogP contribution is 2.06. The summed E-state index contributed by atoms with van der Waals surface area (Å²) in [7, 11) is 0. The van der Waals surface area contributed by atoms with Gasteiger partial charge in [0.25, 0.3) is 0 Å². The fraction of sp³-hybridized carbons (Fsp3) is 0.462. The van der Waals surface area contributed by atoms with Gasteiger partial charge in [0.1, 0.15) is 11.5 Å². The molecular weight excluding hydrogens is 253 g/mol. The van der Waals surface area contributed by atoms with Crippen LogP contribution in [0.5, 0.6) is 0 Å². The summed E-state index contributed by atoms with van der Waals surface area (Å²) in [5.74, 6) is -1.50. The Hall–Kier alpha value is -1.66. The normalized spacial score (nSPS) is 10.7. The van der Waals surface area contributed by atoms with Crippen LogP contribution in [0, 0.1) is 5.82 Å². The molecule has 0 bridgehead atoms. The van der Waals surface area contributed by atoms with Crippen LogP contribution in [0.2, 0.25) is 0 Å². The third kappa shape index (κ3) is 4.84. The molecule has 0 aliphatic heterocycles. The Labute approximate surface area is 110 Å². The second kappa shape index (κ2) is 7.70. The highest BCUT2D eigenvalue weighted by atomic mass is 19.1. The van der Waals surface area contributed by atoms with E-state index in [0.717, 1.165) is 12.3 Å². The van der Waals surface area contributed by atoms with Crippen LogP contribution in [0.4, 0.5) is 4.39 Å². The van der Waals surface area contributed by atoms with Gasteiger partial charge in [-0.1, -0.05) is 0 Å². The minimum Gasteiger partial charge on any atom is -0.346 e. The number of carbonyl (C=O) groups excluding carboxylic acids is 2. The average molecular weight is 269 g/mol. The summed E-state index contributed by atoms with van der Waals surface area (Å²) in [5, 5.41) is 0. The van der Waals surface area contributed by atoms with Gasteiger partial charge in [-0.3, -0.25) is 14.6 Å². The standard InChI is InChI=1S/C13H16FNO4/c1-3-18-13(19-4-2)12(17)7-11(16)10-6-5-9(14)8-15-10/h5-6,8,13H,3-4,7H2,1-2H3. The lowest BCUT2D eigenvalue weighted by Crippen LogP contribution is -2.29. The molecule has 0 aromatic carbocycles. The number of hydrogen-bond acceptors (Lipinski definition) is 5. The molecule has 0 saturated heterocycles. The number of carbonyl (C=O) groups is 2. The number of ether oxygens (including phenoxy) is 2. The smallest absolute Gasteiger partial charge is 0.218 e. The molecule has 1 rings (SSSR count). The summed E-state index contributed by atoms with van der Waals surface area (Å²) in [6.45, 7) is 4.06. The summed E-state index contributed by atoms with van der Waals surface area (Å²) in [6, 6.07) is 2.36. The van der Waals surface area contributed by atoms with Gasteiger partial charge >= 0.3 is 0 Å². The molecule has 0 spiro atoms. The fourth-order valence-electron chi connectivity index (χ4n) is 1.41. The van der Waals surface area contributed by atoms with Crippen molar-refractivity contribution in [2.24, 2.45) is 0 Å². The van der Waals surface area contributed by atoms with E-state index in [0.29, 0.717) is 13.2 Å². The van der Waals surface area contributed by atoms with Crippen LogP contribution >= 0.6 is 0 Å². The summed E-state index contributed by atoms with van der Waals surface area (Å²) < 4.78 is 22.9. The maximum atomic E-state index is 12.7. The molecule has 0 atom stereocenters. The van der Waals surface area contributed by atoms with Gasteiger partial charge < -0.3 is 9.47 Å². The van der Waals surface area contributed by atoms with Crippen LogP contribution in [0.3, 0.4) is 0 Å². The van der Waals surface area contributed by atoms with Crippen LogP contribution in [0.25, 0.3) is 0 Å². The van der Waals surface area contributed by atoms with E-state index in [9.17, 15) is 14.0 Å². The van der Waals surface area contributed by atoms with Crippen molar-refractivity contribution >= 4 is 11.6 Å². The van der Waals surface area contributed by atoms with Crippen molar-refractivity contribution in [3.8, 4) is 0 Å². The zero-order valence-electron chi connectivity index (χ0n) is 10.9. The van der Waals surface area contributed by atoms with Crippen LogP contribution in [-0.4, -0.2) is 36.1 Å². The number of ketones is 2. The first-order chi connectivity index (χ1) is 9.08. The molecule has 1 aromatic heterocycles. The number of rotatable bonds is 8. The van der Waals surface area contributed by atoms with E-state index >= 15 is 0 Å². The number of nitrogens with zero attached hydrogens (tertiary/aromatic N) is 1. The zero-order valence-corrected chi connectivity index (χ0v) is 10.9. The lowest BCUT2D eigenvalue weighted by atomic mass is 10.1. The first-order valence-corrected chi connectivity index (χ1v) is 5.99. The minimum atomic E-state index is -1.04. The largest absolute Gasteiger partial charge is 0.346 e. The fourth-order valence-corrected chi connectivity index (χ4v) is 1.41. The SMILES string of the molecule is CCOC(OCC)C(=O)CC(=O)c1ccc(F)cn1. The Morgan fingerprint density at radius 3 is 2.37 bits per heavy atom. The summed E-state index contributed by atoms with van der Waals surface area (Å²) in [4.78, 5) is 27.2. The molecule has 5 nitrogen and oxygen atoms in total. The Bertz CT molecular complexity index is 427. The molecule has 1 heterocycles. The molecule has 0 aliphatic rings. The van der Waals surface area contributed by atoms with E-state index in [1.807, 2.05) is 0 Å². The van der Waals surface area contributed by atoms with Crippen molar-refractivity contribution in [2.75, 3.05) is 13.2 Å². The molecule has 19 heavy (non-hydrogen) atoms. The average Bonchev–Trinajstić information content (AvgIpc) is 2.39. The molecule has 0 amide bonds. The first kappa shape index (κ1) is 15.4. The van der Waals surface area contributed by atoms with Gasteiger partial charge in [-0.2, -0.15) is 0 Å². The van der Waals surface area contributed by atoms with Crippen molar-refractivity contribution < 1.29 is 23.5 Å². The Morgan fingerprint density at radius 1 is 1.26 bits per heavy atom. The minimum absolute atomic E-state index is 0.0431. The maximum absolute atomic E-state index is 12.7. The third-order valence-corrected chi connectivity index (χ3v) is 2.25. The lowest BCUT2D eigenvalue weighted by Gasteiger charge is -2.14. The van der Waals surface area contributed by atoms with Gasteiger partial charge in [0.15, 0.2) is 11.6 Å². The summed E-state index contributed by atoms with van der Waals surface area (Å²) >= 11 is 0. The summed E-state index contributed by atoms with van der Waals surface area (Å²) in [6.07, 6.45) is -0.497. The van der Waals surface area contributed by atoms with E-state index < -0.39 is 23.7 Å². The van der Waals surface area contributed by atoms with Crippen LogP contribution in [-0.2, 0) is 14.3 Å². The molecule has 0 unspecified atom stereocenters. The number of hydrogen-bond donors (Lipinski definition) is 0. The van der Waals surface area contributed by atoms with Gasteiger partial charge in [-0.25, -0.2) is 4.39 Å². The van der Waals surface area contributed by atoms with Crippen molar-refractivity contribution in [2.45, 2.75) is 26.6 Å². The van der Waals surface area contributed by atoms with Crippen molar-refractivity contribution in [3.63, 3.8) is 0 Å². The molecule has 0 radical (unpaired) electrons. The Morgan fingerprint density at radius 2 is 1.89 bits per heavy atom. The molecule has 0 aliphatic carbocycles. The van der Waals surface area contributed by atoms with E-state index in [1.165, 1.54) is 6.07 Å². The lowest BCUT2D eigenvalue weighted by molar-refractivity contribution is -0.166. The van der Waals surface area contributed by atoms with Crippen LogP contribution < -0.4 is 0 Å². The van der Waals surface area contributed by atoms with Crippen LogP contribution in [0.15, 0.2) is 18.3 Å². The predicted molar refractivity (Wildman–Crippen MR) is 65.2 cm³/mol. The maximum Gasteiger partial charge on any atom is 0.218 e. The number of pyridine rings is 1. The van der Waals surface area contributed by atoms with Crippen molar-refractivity contribution in [1.82, 2.24) is 4.98 Å². The quantitative estimate of drug-likeness (QED) is 0.409. The predicted octanol–water partition coefficient (Wildman–Crippen LogP) is 1.76. The van der Waals surface area contributed by atoms with Crippen LogP contribution in [0.1, 0.15) is 30.8 Å². The van der Waals surface area contributed by atoms with E-state index in [4.69, 9.17) is 9.47 Å². The topological polar surface area (TPSA) is 65.5 Å². The molecule has 0 saturated carbocycles. The monoisotopic (exact) mass is 269 g/mol. The van der Waals surface area contributed by atoms with Gasteiger partial charge in [-0.15, -0.1) is 0 Å². The zero-order chi connectivity index (χ0) is 14.3. The van der Waals surface area contributed by atoms with Gasteiger partial charge in [-0.05, 0) is 26.0 Å². The highest BCUT2D eigenvalue weighted by molar-refractivity contribution is 6.07.